The minimum absolute atomic E-state index is 0.211. The molecule has 0 unspecified atom stereocenters. The third-order valence-electron chi connectivity index (χ3n) is 3.92. The van der Waals surface area contributed by atoms with Crippen molar-refractivity contribution in [3.63, 3.8) is 0 Å². The summed E-state index contributed by atoms with van der Waals surface area (Å²) < 4.78 is 2.77. The normalized spacial score (nSPS) is 15.0. The lowest BCUT2D eigenvalue weighted by Gasteiger charge is -2.11. The molecule has 0 radical (unpaired) electrons. The minimum atomic E-state index is -0.343. The van der Waals surface area contributed by atoms with Gasteiger partial charge in [0.25, 0.3) is 5.56 Å². The first kappa shape index (κ1) is 15.7. The molecule has 0 fully saturated rings. The lowest BCUT2D eigenvalue weighted by molar-refractivity contribution is 0.180. The van der Waals surface area contributed by atoms with Crippen molar-refractivity contribution < 1.29 is 5.11 Å². The molecule has 0 bridgehead atoms. The maximum absolute atomic E-state index is 12.5. The van der Waals surface area contributed by atoms with Crippen LogP contribution in [-0.4, -0.2) is 26.1 Å². The van der Waals surface area contributed by atoms with Crippen molar-refractivity contribution in [1.82, 2.24) is 9.13 Å². The Balaban J connectivity index is 2.25. The van der Waals surface area contributed by atoms with Gasteiger partial charge in [-0.3, -0.25) is 13.9 Å². The average molecular weight is 293 g/mol. The highest BCUT2D eigenvalue weighted by Crippen LogP contribution is 2.22. The SMILES string of the molecule is CCC1=Nc2c(c(=O)n(CCCC[C@@H](C)O)c(=O)n2C)C1. The molecule has 6 heteroatoms. The smallest absolute Gasteiger partial charge is 0.332 e. The van der Waals surface area contributed by atoms with E-state index in [4.69, 9.17) is 0 Å². The maximum atomic E-state index is 12.5. The van der Waals surface area contributed by atoms with Crippen LogP contribution in [0.1, 0.15) is 45.1 Å². The van der Waals surface area contributed by atoms with E-state index >= 15 is 0 Å². The van der Waals surface area contributed by atoms with E-state index in [0.29, 0.717) is 37.2 Å². The van der Waals surface area contributed by atoms with E-state index in [2.05, 4.69) is 4.99 Å². The molecule has 1 aromatic rings. The number of aliphatic hydroxyl groups is 1. The summed E-state index contributed by atoms with van der Waals surface area (Å²) in [6.07, 6.45) is 3.18. The van der Waals surface area contributed by atoms with Gasteiger partial charge >= 0.3 is 5.69 Å². The molecular formula is C15H23N3O3. The van der Waals surface area contributed by atoms with Gasteiger partial charge in [-0.15, -0.1) is 0 Å². The Hall–Kier alpha value is -1.69. The zero-order valence-electron chi connectivity index (χ0n) is 12.9. The quantitative estimate of drug-likeness (QED) is 0.799. The summed E-state index contributed by atoms with van der Waals surface area (Å²) in [4.78, 5) is 29.1. The molecule has 2 rings (SSSR count). The Labute approximate surface area is 123 Å². The van der Waals surface area contributed by atoms with Crippen LogP contribution in [0.4, 0.5) is 5.82 Å². The zero-order chi connectivity index (χ0) is 15.6. The van der Waals surface area contributed by atoms with Gasteiger partial charge < -0.3 is 5.11 Å². The third-order valence-corrected chi connectivity index (χ3v) is 3.92. The zero-order valence-corrected chi connectivity index (χ0v) is 12.9. The third kappa shape index (κ3) is 3.15. The topological polar surface area (TPSA) is 76.6 Å². The summed E-state index contributed by atoms with van der Waals surface area (Å²) in [5, 5.41) is 9.24. The van der Waals surface area contributed by atoms with Gasteiger partial charge in [0.05, 0.1) is 11.7 Å². The molecule has 0 saturated carbocycles. The Morgan fingerprint density at radius 2 is 2.05 bits per heavy atom. The maximum Gasteiger partial charge on any atom is 0.332 e. The van der Waals surface area contributed by atoms with Crippen LogP contribution in [0, 0.1) is 0 Å². The van der Waals surface area contributed by atoms with Crippen molar-refractivity contribution in [2.75, 3.05) is 0 Å². The lowest BCUT2D eigenvalue weighted by Crippen LogP contribution is -2.40. The van der Waals surface area contributed by atoms with Gasteiger partial charge in [-0.2, -0.15) is 0 Å². The van der Waals surface area contributed by atoms with E-state index in [1.165, 1.54) is 9.13 Å². The highest BCUT2D eigenvalue weighted by Gasteiger charge is 2.22. The molecule has 0 amide bonds. The number of fused-ring (bicyclic) bond motifs is 1. The van der Waals surface area contributed by atoms with Gasteiger partial charge in [-0.1, -0.05) is 6.92 Å². The van der Waals surface area contributed by atoms with E-state index in [-0.39, 0.29) is 17.4 Å². The Kier molecular flexibility index (Phi) is 4.77. The molecule has 2 heterocycles. The first-order valence-electron chi connectivity index (χ1n) is 7.52. The molecular weight excluding hydrogens is 270 g/mol. The van der Waals surface area contributed by atoms with Crippen LogP contribution in [0.3, 0.4) is 0 Å². The number of nitrogens with zero attached hydrogens (tertiary/aromatic N) is 3. The van der Waals surface area contributed by atoms with E-state index < -0.39 is 0 Å². The van der Waals surface area contributed by atoms with Crippen LogP contribution in [-0.2, 0) is 20.0 Å². The highest BCUT2D eigenvalue weighted by atomic mass is 16.3. The monoisotopic (exact) mass is 293 g/mol. The van der Waals surface area contributed by atoms with E-state index in [0.717, 1.165) is 18.6 Å². The fourth-order valence-corrected chi connectivity index (χ4v) is 2.62. The second kappa shape index (κ2) is 6.39. The van der Waals surface area contributed by atoms with Crippen molar-refractivity contribution >= 4 is 11.5 Å². The molecule has 1 aliphatic rings. The summed E-state index contributed by atoms with van der Waals surface area (Å²) in [7, 11) is 1.66. The number of aliphatic hydroxyl groups excluding tert-OH is 1. The summed E-state index contributed by atoms with van der Waals surface area (Å²) in [6, 6.07) is 0. The second-order valence-electron chi connectivity index (χ2n) is 5.65. The first-order chi connectivity index (χ1) is 9.95. The number of hydrogen-bond donors (Lipinski definition) is 1. The van der Waals surface area contributed by atoms with Crippen molar-refractivity contribution in [2.24, 2.45) is 12.0 Å². The molecule has 0 saturated heterocycles. The van der Waals surface area contributed by atoms with Crippen molar-refractivity contribution in [3.05, 3.63) is 26.4 Å². The summed E-state index contributed by atoms with van der Waals surface area (Å²) in [5.41, 5.74) is 1.06. The Bertz CT molecular complexity index is 668. The van der Waals surface area contributed by atoms with Crippen molar-refractivity contribution in [3.8, 4) is 0 Å². The summed E-state index contributed by atoms with van der Waals surface area (Å²) in [5.74, 6) is 0.516. The number of hydrogen-bond acceptors (Lipinski definition) is 4. The van der Waals surface area contributed by atoms with Crippen LogP contribution in [0.5, 0.6) is 0 Å². The van der Waals surface area contributed by atoms with Crippen LogP contribution >= 0.6 is 0 Å². The standard InChI is InChI=1S/C15H23N3O3/c1-4-11-9-12-13(16-11)17(3)15(21)18(14(12)20)8-6-5-7-10(2)19/h10,19H,4-9H2,1-3H3/t10-/m1/s1. The summed E-state index contributed by atoms with van der Waals surface area (Å²) >= 11 is 0. The van der Waals surface area contributed by atoms with Crippen LogP contribution < -0.4 is 11.2 Å². The molecule has 1 N–H and O–H groups in total. The summed E-state index contributed by atoms with van der Waals surface area (Å²) in [6.45, 7) is 4.13. The highest BCUT2D eigenvalue weighted by molar-refractivity contribution is 5.92. The molecule has 1 aliphatic heterocycles. The van der Waals surface area contributed by atoms with Gasteiger partial charge in [0, 0.05) is 25.7 Å². The van der Waals surface area contributed by atoms with Gasteiger partial charge in [0.15, 0.2) is 0 Å². The molecule has 116 valence electrons. The first-order valence-corrected chi connectivity index (χ1v) is 7.52. The molecule has 0 spiro atoms. The molecule has 6 nitrogen and oxygen atoms in total. The van der Waals surface area contributed by atoms with E-state index in [9.17, 15) is 14.7 Å². The number of unbranched alkanes of at least 4 members (excludes halogenated alkanes) is 1. The molecule has 1 atom stereocenters. The van der Waals surface area contributed by atoms with Gasteiger partial charge in [-0.25, -0.2) is 9.79 Å². The lowest BCUT2D eigenvalue weighted by atomic mass is 10.1. The number of aliphatic imine (C=N–C) groups is 1. The van der Waals surface area contributed by atoms with Crippen LogP contribution in [0.25, 0.3) is 0 Å². The van der Waals surface area contributed by atoms with Crippen LogP contribution in [0.2, 0.25) is 0 Å². The average Bonchev–Trinajstić information content (AvgIpc) is 2.88. The fraction of sp³-hybridized carbons (Fsp3) is 0.667. The Morgan fingerprint density at radius 1 is 1.33 bits per heavy atom. The van der Waals surface area contributed by atoms with Gasteiger partial charge in [0.1, 0.15) is 5.82 Å². The largest absolute Gasteiger partial charge is 0.393 e. The Morgan fingerprint density at radius 3 is 2.67 bits per heavy atom. The molecule has 21 heavy (non-hydrogen) atoms. The number of aromatic nitrogens is 2. The van der Waals surface area contributed by atoms with Gasteiger partial charge in [-0.05, 0) is 32.6 Å². The minimum Gasteiger partial charge on any atom is -0.393 e. The van der Waals surface area contributed by atoms with E-state index in [1.807, 2.05) is 6.92 Å². The second-order valence-corrected chi connectivity index (χ2v) is 5.65. The van der Waals surface area contributed by atoms with E-state index in [1.54, 1.807) is 14.0 Å². The van der Waals surface area contributed by atoms with Crippen molar-refractivity contribution in [2.45, 2.75) is 58.6 Å². The van der Waals surface area contributed by atoms with Crippen LogP contribution in [0.15, 0.2) is 14.6 Å². The molecule has 0 aromatic carbocycles. The van der Waals surface area contributed by atoms with Gasteiger partial charge in [0.2, 0.25) is 0 Å². The van der Waals surface area contributed by atoms with Crippen molar-refractivity contribution in [1.29, 1.82) is 0 Å². The predicted molar refractivity (Wildman–Crippen MR) is 82.6 cm³/mol. The molecule has 0 aliphatic carbocycles. The fourth-order valence-electron chi connectivity index (χ4n) is 2.62. The number of rotatable bonds is 6. The molecule has 1 aromatic heterocycles. The predicted octanol–water partition coefficient (Wildman–Crippen LogP) is 1.14.